The van der Waals surface area contributed by atoms with Crippen molar-refractivity contribution in [3.63, 3.8) is 0 Å². The van der Waals surface area contributed by atoms with Crippen LogP contribution < -0.4 is 10.2 Å². The number of anilines is 2. The first-order valence-electron chi connectivity index (χ1n) is 6.63. The molecule has 1 aliphatic carbocycles. The molecule has 19 heavy (non-hydrogen) atoms. The first-order valence-corrected chi connectivity index (χ1v) is 6.63. The Balaban J connectivity index is 2.34. The van der Waals surface area contributed by atoms with Gasteiger partial charge in [-0.15, -0.1) is 0 Å². The molecule has 1 heterocycles. The van der Waals surface area contributed by atoms with Crippen LogP contribution in [0.3, 0.4) is 0 Å². The summed E-state index contributed by atoms with van der Waals surface area (Å²) in [4.78, 5) is 21.0. The molecule has 1 aromatic heterocycles. The highest BCUT2D eigenvalue weighted by atomic mass is 16.6. The Morgan fingerprint density at radius 1 is 1.58 bits per heavy atom. The summed E-state index contributed by atoms with van der Waals surface area (Å²) < 4.78 is 0. The maximum absolute atomic E-state index is 11.1. The molecule has 7 nitrogen and oxygen atoms in total. The first kappa shape index (κ1) is 13.5. The van der Waals surface area contributed by atoms with Crippen LogP contribution in [0.1, 0.15) is 32.6 Å². The fourth-order valence-corrected chi connectivity index (χ4v) is 2.00. The maximum atomic E-state index is 11.1. The van der Waals surface area contributed by atoms with E-state index in [2.05, 4.69) is 27.1 Å². The van der Waals surface area contributed by atoms with Gasteiger partial charge in [0.25, 0.3) is 0 Å². The molecule has 0 spiro atoms. The minimum absolute atomic E-state index is 0.0120. The minimum atomic E-state index is -0.407. The number of hydrogen-bond donors (Lipinski definition) is 1. The number of nitrogens with zero attached hydrogens (tertiary/aromatic N) is 4. The molecule has 1 aromatic rings. The van der Waals surface area contributed by atoms with Crippen LogP contribution in [-0.4, -0.2) is 34.5 Å². The molecule has 0 radical (unpaired) electrons. The third-order valence-electron chi connectivity index (χ3n) is 3.18. The van der Waals surface area contributed by atoms with Gasteiger partial charge in [0, 0.05) is 19.6 Å². The Bertz CT molecular complexity index is 461. The second kappa shape index (κ2) is 5.81. The van der Waals surface area contributed by atoms with Gasteiger partial charge in [-0.25, -0.2) is 4.98 Å². The van der Waals surface area contributed by atoms with Gasteiger partial charge in [0.2, 0.25) is 11.8 Å². The molecular weight excluding hydrogens is 246 g/mol. The Morgan fingerprint density at radius 3 is 2.84 bits per heavy atom. The molecule has 0 atom stereocenters. The van der Waals surface area contributed by atoms with E-state index in [1.807, 2.05) is 0 Å². The summed E-state index contributed by atoms with van der Waals surface area (Å²) >= 11 is 0. The molecule has 1 N–H and O–H groups in total. The van der Waals surface area contributed by atoms with Crippen LogP contribution in [0.5, 0.6) is 0 Å². The fourth-order valence-electron chi connectivity index (χ4n) is 2.00. The lowest BCUT2D eigenvalue weighted by atomic mass is 10.3. The zero-order valence-corrected chi connectivity index (χ0v) is 11.3. The molecule has 2 rings (SSSR count). The van der Waals surface area contributed by atoms with Crippen molar-refractivity contribution in [1.82, 2.24) is 9.97 Å². The molecule has 1 saturated carbocycles. The number of unbranched alkanes of at least 4 members (excludes halogenated alkanes) is 1. The van der Waals surface area contributed by atoms with E-state index in [4.69, 9.17) is 0 Å². The lowest BCUT2D eigenvalue weighted by Crippen LogP contribution is -2.28. The van der Waals surface area contributed by atoms with E-state index in [9.17, 15) is 10.1 Å². The molecule has 0 amide bonds. The summed E-state index contributed by atoms with van der Waals surface area (Å²) in [5.41, 5.74) is -0.0120. The standard InChI is InChI=1S/C12H19N5O2/c1-3-4-7-16(9-5-6-9)11-10(17(18)19)8-14-12(13-2)15-11/h8-9H,3-7H2,1-2H3,(H,13,14,15). The summed E-state index contributed by atoms with van der Waals surface area (Å²) in [6.45, 7) is 2.92. The zero-order valence-electron chi connectivity index (χ0n) is 11.3. The van der Waals surface area contributed by atoms with E-state index in [0.29, 0.717) is 17.8 Å². The van der Waals surface area contributed by atoms with Gasteiger partial charge in [-0.05, 0) is 19.3 Å². The monoisotopic (exact) mass is 265 g/mol. The third-order valence-corrected chi connectivity index (χ3v) is 3.18. The van der Waals surface area contributed by atoms with Crippen molar-refractivity contribution in [2.24, 2.45) is 0 Å². The highest BCUT2D eigenvalue weighted by molar-refractivity contribution is 5.60. The van der Waals surface area contributed by atoms with Crippen LogP contribution in [0.15, 0.2) is 6.20 Å². The summed E-state index contributed by atoms with van der Waals surface area (Å²) in [5.74, 6) is 0.864. The van der Waals surface area contributed by atoms with Gasteiger partial charge in [0.05, 0.1) is 4.92 Å². The van der Waals surface area contributed by atoms with Crippen molar-refractivity contribution in [1.29, 1.82) is 0 Å². The number of nitrogens with one attached hydrogen (secondary N) is 1. The van der Waals surface area contributed by atoms with Crippen molar-refractivity contribution in [2.75, 3.05) is 23.8 Å². The van der Waals surface area contributed by atoms with Crippen molar-refractivity contribution in [3.05, 3.63) is 16.3 Å². The average molecular weight is 265 g/mol. The van der Waals surface area contributed by atoms with Crippen LogP contribution in [0.25, 0.3) is 0 Å². The number of rotatable bonds is 7. The van der Waals surface area contributed by atoms with Crippen LogP contribution in [-0.2, 0) is 0 Å². The van der Waals surface area contributed by atoms with Crippen LogP contribution in [0, 0.1) is 10.1 Å². The zero-order chi connectivity index (χ0) is 13.8. The first-order chi connectivity index (χ1) is 9.17. The molecule has 0 aliphatic heterocycles. The lowest BCUT2D eigenvalue weighted by Gasteiger charge is -2.23. The molecule has 104 valence electrons. The largest absolute Gasteiger partial charge is 0.357 e. The molecule has 0 unspecified atom stereocenters. The predicted octanol–water partition coefficient (Wildman–Crippen LogP) is 2.20. The number of hydrogen-bond acceptors (Lipinski definition) is 6. The van der Waals surface area contributed by atoms with E-state index >= 15 is 0 Å². The van der Waals surface area contributed by atoms with E-state index in [1.165, 1.54) is 6.20 Å². The maximum Gasteiger partial charge on any atom is 0.329 e. The van der Waals surface area contributed by atoms with Gasteiger partial charge in [-0.2, -0.15) is 4.98 Å². The summed E-state index contributed by atoms with van der Waals surface area (Å²) in [6.07, 6.45) is 5.52. The molecule has 0 bridgehead atoms. The molecular formula is C12H19N5O2. The molecule has 7 heteroatoms. The van der Waals surface area contributed by atoms with Crippen molar-refractivity contribution < 1.29 is 4.92 Å². The summed E-state index contributed by atoms with van der Waals surface area (Å²) in [7, 11) is 1.71. The van der Waals surface area contributed by atoms with E-state index in [1.54, 1.807) is 7.05 Å². The SMILES string of the molecule is CCCCN(c1nc(NC)ncc1[N+](=O)[O-])C1CC1. The van der Waals surface area contributed by atoms with Crippen molar-refractivity contribution in [2.45, 2.75) is 38.6 Å². The Labute approximate surface area is 112 Å². The smallest absolute Gasteiger partial charge is 0.329 e. The highest BCUT2D eigenvalue weighted by Gasteiger charge is 2.34. The van der Waals surface area contributed by atoms with Gasteiger partial charge in [-0.1, -0.05) is 13.3 Å². The van der Waals surface area contributed by atoms with E-state index in [0.717, 1.165) is 32.2 Å². The molecule has 1 fully saturated rings. The topological polar surface area (TPSA) is 84.2 Å². The second-order valence-electron chi connectivity index (χ2n) is 4.69. The van der Waals surface area contributed by atoms with Gasteiger partial charge < -0.3 is 10.2 Å². The predicted molar refractivity (Wildman–Crippen MR) is 73.5 cm³/mol. The Morgan fingerprint density at radius 2 is 2.32 bits per heavy atom. The van der Waals surface area contributed by atoms with E-state index in [-0.39, 0.29) is 5.69 Å². The van der Waals surface area contributed by atoms with Crippen molar-refractivity contribution >= 4 is 17.5 Å². The Hall–Kier alpha value is -1.92. The van der Waals surface area contributed by atoms with Gasteiger partial charge >= 0.3 is 5.69 Å². The van der Waals surface area contributed by atoms with Crippen molar-refractivity contribution in [3.8, 4) is 0 Å². The van der Waals surface area contributed by atoms with E-state index < -0.39 is 4.92 Å². The van der Waals surface area contributed by atoms with Gasteiger partial charge in [-0.3, -0.25) is 10.1 Å². The average Bonchev–Trinajstić information content (AvgIpc) is 3.23. The quantitative estimate of drug-likeness (QED) is 0.601. The van der Waals surface area contributed by atoms with Crippen LogP contribution in [0.4, 0.5) is 17.5 Å². The molecule has 1 aliphatic rings. The second-order valence-corrected chi connectivity index (χ2v) is 4.69. The Kier molecular flexibility index (Phi) is 4.13. The normalized spacial score (nSPS) is 14.2. The third kappa shape index (κ3) is 3.10. The minimum Gasteiger partial charge on any atom is -0.357 e. The summed E-state index contributed by atoms with van der Waals surface area (Å²) in [5, 5.41) is 14.0. The molecule has 0 saturated heterocycles. The molecule has 0 aromatic carbocycles. The number of nitro groups is 1. The summed E-state index contributed by atoms with van der Waals surface area (Å²) in [6, 6.07) is 0.393. The number of aromatic nitrogens is 2. The van der Waals surface area contributed by atoms with Crippen LogP contribution >= 0.6 is 0 Å². The fraction of sp³-hybridized carbons (Fsp3) is 0.667. The highest BCUT2D eigenvalue weighted by Crippen LogP contribution is 2.35. The van der Waals surface area contributed by atoms with Crippen LogP contribution in [0.2, 0.25) is 0 Å². The van der Waals surface area contributed by atoms with Gasteiger partial charge in [0.1, 0.15) is 6.20 Å². The van der Waals surface area contributed by atoms with Gasteiger partial charge in [0.15, 0.2) is 0 Å². The lowest BCUT2D eigenvalue weighted by molar-refractivity contribution is -0.384.